The molecule has 1 aromatic rings. The second-order valence-corrected chi connectivity index (χ2v) is 7.81. The summed E-state index contributed by atoms with van der Waals surface area (Å²) in [5.74, 6) is 0.935. The van der Waals surface area contributed by atoms with E-state index in [2.05, 4.69) is 34.2 Å². The van der Waals surface area contributed by atoms with E-state index in [1.54, 1.807) is 0 Å². The van der Waals surface area contributed by atoms with E-state index in [0.29, 0.717) is 0 Å². The van der Waals surface area contributed by atoms with E-state index in [9.17, 15) is 4.79 Å². The van der Waals surface area contributed by atoms with Crippen molar-refractivity contribution in [3.63, 3.8) is 0 Å². The normalized spacial score (nSPS) is 20.0. The van der Waals surface area contributed by atoms with Crippen LogP contribution in [0.4, 0.5) is 0 Å². The van der Waals surface area contributed by atoms with Crippen molar-refractivity contribution >= 4 is 5.91 Å². The molecule has 0 bridgehead atoms. The number of hydrogen-bond donors (Lipinski definition) is 1. The molecule has 0 saturated carbocycles. The van der Waals surface area contributed by atoms with Gasteiger partial charge in [0.25, 0.3) is 5.91 Å². The zero-order valence-corrected chi connectivity index (χ0v) is 15.7. The fraction of sp³-hybridized carbons (Fsp3) is 0.667. The summed E-state index contributed by atoms with van der Waals surface area (Å²) in [4.78, 5) is 17.3. The number of nitrogens with one attached hydrogen (secondary N) is 1. The van der Waals surface area contributed by atoms with E-state index in [4.69, 9.17) is 0 Å². The van der Waals surface area contributed by atoms with Crippen molar-refractivity contribution < 1.29 is 4.79 Å². The van der Waals surface area contributed by atoms with Crippen molar-refractivity contribution in [1.82, 2.24) is 15.1 Å². The minimum Gasteiger partial charge on any atom is -0.352 e. The third-order valence-corrected chi connectivity index (χ3v) is 5.63. The Balaban J connectivity index is 1.34. The zero-order chi connectivity index (χ0) is 17.5. The lowest BCUT2D eigenvalue weighted by Gasteiger charge is -2.30. The molecule has 138 valence electrons. The Kier molecular flexibility index (Phi) is 6.88. The number of nitrogens with zero attached hydrogens (tertiary/aromatic N) is 2. The first-order valence-corrected chi connectivity index (χ1v) is 10.0. The lowest BCUT2D eigenvalue weighted by Crippen LogP contribution is -2.35. The minimum atomic E-state index is 0.0555. The highest BCUT2D eigenvalue weighted by atomic mass is 16.1. The van der Waals surface area contributed by atoms with Gasteiger partial charge >= 0.3 is 0 Å². The zero-order valence-electron chi connectivity index (χ0n) is 15.7. The van der Waals surface area contributed by atoms with Crippen LogP contribution in [-0.4, -0.2) is 55.0 Å². The van der Waals surface area contributed by atoms with Gasteiger partial charge in [-0.1, -0.05) is 19.1 Å². The molecule has 0 aromatic heterocycles. The van der Waals surface area contributed by atoms with Gasteiger partial charge in [0.05, 0.1) is 0 Å². The fourth-order valence-corrected chi connectivity index (χ4v) is 3.85. The third kappa shape index (κ3) is 5.82. The Morgan fingerprint density at radius 1 is 1.04 bits per heavy atom. The Hall–Kier alpha value is -1.39. The topological polar surface area (TPSA) is 35.6 Å². The van der Waals surface area contributed by atoms with Crippen LogP contribution in [0.25, 0.3) is 0 Å². The molecule has 25 heavy (non-hydrogen) atoms. The first kappa shape index (κ1) is 18.4. The summed E-state index contributed by atoms with van der Waals surface area (Å²) in [6.45, 7) is 10.1. The Morgan fingerprint density at radius 3 is 2.40 bits per heavy atom. The molecular weight excluding hydrogens is 310 g/mol. The molecule has 0 atom stereocenters. The van der Waals surface area contributed by atoms with Gasteiger partial charge in [-0.25, -0.2) is 0 Å². The highest BCUT2D eigenvalue weighted by Crippen LogP contribution is 2.16. The number of benzene rings is 1. The number of likely N-dealkylation sites (tertiary alicyclic amines) is 2. The van der Waals surface area contributed by atoms with Gasteiger partial charge in [0.1, 0.15) is 0 Å². The quantitative estimate of drug-likeness (QED) is 0.773. The summed E-state index contributed by atoms with van der Waals surface area (Å²) >= 11 is 0. The van der Waals surface area contributed by atoms with Crippen LogP contribution in [0.3, 0.4) is 0 Å². The smallest absolute Gasteiger partial charge is 0.251 e. The van der Waals surface area contributed by atoms with E-state index in [1.165, 1.54) is 57.4 Å². The molecule has 2 fully saturated rings. The molecule has 2 aliphatic rings. The highest BCUT2D eigenvalue weighted by Gasteiger charge is 2.15. The van der Waals surface area contributed by atoms with Crippen molar-refractivity contribution in [3.05, 3.63) is 35.4 Å². The summed E-state index contributed by atoms with van der Waals surface area (Å²) in [7, 11) is 0. The van der Waals surface area contributed by atoms with Gasteiger partial charge in [0, 0.05) is 18.7 Å². The number of rotatable bonds is 7. The van der Waals surface area contributed by atoms with Gasteiger partial charge < -0.3 is 10.2 Å². The molecular formula is C21H33N3O. The van der Waals surface area contributed by atoms with Crippen LogP contribution in [0.1, 0.15) is 54.9 Å². The summed E-state index contributed by atoms with van der Waals surface area (Å²) < 4.78 is 0. The third-order valence-electron chi connectivity index (χ3n) is 5.63. The lowest BCUT2D eigenvalue weighted by atomic mass is 9.99. The molecule has 4 nitrogen and oxygen atoms in total. The van der Waals surface area contributed by atoms with Gasteiger partial charge in [-0.15, -0.1) is 0 Å². The molecule has 4 heteroatoms. The van der Waals surface area contributed by atoms with Gasteiger partial charge in [-0.2, -0.15) is 0 Å². The molecule has 2 heterocycles. The SMILES string of the molecule is CC1CCN(CCCNC(=O)c2ccc(CN3CCCC3)cc2)CC1. The van der Waals surface area contributed by atoms with Crippen LogP contribution >= 0.6 is 0 Å². The van der Waals surface area contributed by atoms with Gasteiger partial charge in [0.15, 0.2) is 0 Å². The number of hydrogen-bond acceptors (Lipinski definition) is 3. The van der Waals surface area contributed by atoms with Crippen molar-refractivity contribution in [2.45, 2.75) is 45.6 Å². The molecule has 0 aliphatic carbocycles. The Bertz CT molecular complexity index is 529. The first-order chi connectivity index (χ1) is 12.2. The van der Waals surface area contributed by atoms with Crippen LogP contribution in [0.15, 0.2) is 24.3 Å². The minimum absolute atomic E-state index is 0.0555. The molecule has 3 rings (SSSR count). The monoisotopic (exact) mass is 343 g/mol. The summed E-state index contributed by atoms with van der Waals surface area (Å²) in [6, 6.07) is 8.13. The van der Waals surface area contributed by atoms with Crippen molar-refractivity contribution in [2.75, 3.05) is 39.3 Å². The molecule has 1 amide bonds. The second-order valence-electron chi connectivity index (χ2n) is 7.81. The van der Waals surface area contributed by atoms with Gasteiger partial charge in [-0.05, 0) is 88.4 Å². The van der Waals surface area contributed by atoms with Gasteiger partial charge in [0.2, 0.25) is 0 Å². The van der Waals surface area contributed by atoms with E-state index in [1.807, 2.05) is 12.1 Å². The van der Waals surface area contributed by atoms with Crippen LogP contribution in [0, 0.1) is 5.92 Å². The molecule has 2 saturated heterocycles. The number of amides is 1. The standard InChI is InChI=1S/C21H33N3O/c1-18-9-15-23(16-10-18)14-4-11-22-21(25)20-7-5-19(6-8-20)17-24-12-2-3-13-24/h5-8,18H,2-4,9-17H2,1H3,(H,22,25). The van der Waals surface area contributed by atoms with Crippen LogP contribution in [0.5, 0.6) is 0 Å². The average Bonchev–Trinajstić information content (AvgIpc) is 3.14. The predicted octanol–water partition coefficient (Wildman–Crippen LogP) is 3.13. The molecule has 0 radical (unpaired) electrons. The van der Waals surface area contributed by atoms with Crippen LogP contribution in [-0.2, 0) is 6.54 Å². The summed E-state index contributed by atoms with van der Waals surface area (Å²) in [6.07, 6.45) is 6.30. The average molecular weight is 344 g/mol. The number of piperidine rings is 1. The van der Waals surface area contributed by atoms with E-state index in [0.717, 1.165) is 37.5 Å². The van der Waals surface area contributed by atoms with Crippen LogP contribution in [0.2, 0.25) is 0 Å². The molecule has 1 N–H and O–H groups in total. The van der Waals surface area contributed by atoms with Crippen molar-refractivity contribution in [3.8, 4) is 0 Å². The lowest BCUT2D eigenvalue weighted by molar-refractivity contribution is 0.0950. The van der Waals surface area contributed by atoms with Crippen LogP contribution < -0.4 is 5.32 Å². The van der Waals surface area contributed by atoms with E-state index >= 15 is 0 Å². The van der Waals surface area contributed by atoms with E-state index < -0.39 is 0 Å². The first-order valence-electron chi connectivity index (χ1n) is 10.0. The molecule has 0 unspecified atom stereocenters. The fourth-order valence-electron chi connectivity index (χ4n) is 3.85. The number of carbonyl (C=O) groups excluding carboxylic acids is 1. The highest BCUT2D eigenvalue weighted by molar-refractivity contribution is 5.94. The maximum Gasteiger partial charge on any atom is 0.251 e. The Labute approximate surface area is 152 Å². The second kappa shape index (κ2) is 9.35. The summed E-state index contributed by atoms with van der Waals surface area (Å²) in [5.41, 5.74) is 2.08. The van der Waals surface area contributed by atoms with Crippen molar-refractivity contribution in [1.29, 1.82) is 0 Å². The maximum absolute atomic E-state index is 12.3. The Morgan fingerprint density at radius 2 is 1.72 bits per heavy atom. The molecule has 2 aliphatic heterocycles. The van der Waals surface area contributed by atoms with Crippen molar-refractivity contribution in [2.24, 2.45) is 5.92 Å². The molecule has 1 aromatic carbocycles. The summed E-state index contributed by atoms with van der Waals surface area (Å²) in [5, 5.41) is 3.06. The van der Waals surface area contributed by atoms with Gasteiger partial charge in [-0.3, -0.25) is 9.69 Å². The van der Waals surface area contributed by atoms with E-state index in [-0.39, 0.29) is 5.91 Å². The number of carbonyl (C=O) groups is 1. The molecule has 0 spiro atoms. The predicted molar refractivity (Wildman–Crippen MR) is 103 cm³/mol. The maximum atomic E-state index is 12.3. The largest absolute Gasteiger partial charge is 0.352 e.